The van der Waals surface area contributed by atoms with E-state index in [1.165, 1.54) is 0 Å². The normalized spacial score (nSPS) is 13.9. The van der Waals surface area contributed by atoms with Gasteiger partial charge in [0.05, 0.1) is 12.7 Å². The molecule has 4 unspecified atom stereocenters. The number of aliphatic carboxylic acids is 1. The topological polar surface area (TPSA) is 267 Å². The van der Waals surface area contributed by atoms with Crippen LogP contribution < -0.4 is 61.6 Å². The number of hydrogen-bond donors (Lipinski definition) is 4. The Morgan fingerprint density at radius 3 is 1.58 bits per heavy atom. The fourth-order valence-corrected chi connectivity index (χ4v) is 0.654. The van der Waals surface area contributed by atoms with Gasteiger partial charge < -0.3 is 57.3 Å². The third-order valence-corrected chi connectivity index (χ3v) is 1.47. The molecule has 0 fully saturated rings. The molecule has 0 aliphatic heterocycles. The quantitative estimate of drug-likeness (QED) is 0.348. The Kier molecular flexibility index (Phi) is 48.5. The Morgan fingerprint density at radius 2 is 1.37 bits per heavy atom. The largest absolute Gasteiger partial charge is 3.00 e. The van der Waals surface area contributed by atoms with Gasteiger partial charge in [-0.15, -0.1) is 0 Å². The van der Waals surface area contributed by atoms with Gasteiger partial charge in [0, 0.05) is 5.97 Å². The van der Waals surface area contributed by atoms with E-state index < -0.39 is 37.0 Å². The van der Waals surface area contributed by atoms with Crippen molar-refractivity contribution in [1.29, 1.82) is 0 Å². The molecule has 4 atom stereocenters. The zero-order chi connectivity index (χ0) is 10.6. The molecule has 0 radical (unpaired) electrons. The van der Waals surface area contributed by atoms with Crippen molar-refractivity contribution in [3.63, 3.8) is 0 Å². The molecule has 0 heterocycles. The average Bonchev–Trinajstić information content (AvgIpc) is 2.12. The van der Waals surface area contributed by atoms with Crippen LogP contribution in [0.25, 0.3) is 0 Å². The van der Waals surface area contributed by atoms with Crippen molar-refractivity contribution in [1.82, 2.24) is 0 Å². The van der Waals surface area contributed by atoms with Crippen LogP contribution in [-0.4, -0.2) is 96.7 Å². The zero-order valence-corrected chi connectivity index (χ0v) is 14.3. The van der Waals surface area contributed by atoms with Crippen LogP contribution in [0.3, 0.4) is 0 Å². The summed E-state index contributed by atoms with van der Waals surface area (Å²) in [6.45, 7) is -0.891. The molecule has 10 N–H and O–H groups in total. The Labute approximate surface area is 161 Å². The molecule has 11 nitrogen and oxygen atoms in total. The molecule has 19 heavy (non-hydrogen) atoms. The second-order valence-electron chi connectivity index (χ2n) is 2.47. The van der Waals surface area contributed by atoms with Gasteiger partial charge in [-0.05, 0) is 0 Å². The molecule has 110 valence electrons. The number of aliphatic hydroxyl groups is 4. The Balaban J connectivity index is -0.0000000480. The predicted molar refractivity (Wildman–Crippen MR) is 50.8 cm³/mol. The summed E-state index contributed by atoms with van der Waals surface area (Å²) in [6.07, 6.45) is -8.54. The van der Waals surface area contributed by atoms with Crippen LogP contribution in [-0.2, 0) is 4.79 Å². The molecule has 0 saturated heterocycles. The maximum Gasteiger partial charge on any atom is 3.00 e. The summed E-state index contributed by atoms with van der Waals surface area (Å²) in [4.78, 5) is 9.92. The molecule has 0 saturated carbocycles. The van der Waals surface area contributed by atoms with Crippen LogP contribution >= 0.6 is 0 Å². The van der Waals surface area contributed by atoms with E-state index in [2.05, 4.69) is 0 Å². The van der Waals surface area contributed by atoms with Crippen molar-refractivity contribution in [3.05, 3.63) is 0 Å². The monoisotopic (exact) mass is 330 g/mol. The number of carbonyl (C=O) groups is 1. The summed E-state index contributed by atoms with van der Waals surface area (Å²) in [7, 11) is 0. The number of hydrogen-bond acceptors (Lipinski definition) is 9. The number of carboxylic acids is 1. The van der Waals surface area contributed by atoms with Gasteiger partial charge in [0.2, 0.25) is 0 Å². The summed E-state index contributed by atoms with van der Waals surface area (Å²) in [5.41, 5.74) is 0. The van der Waals surface area contributed by atoms with E-state index in [-0.39, 0.29) is 90.7 Å². The third-order valence-electron chi connectivity index (χ3n) is 1.47. The standard InChI is InChI=1S/C6H11O7.Al.K.4H2O/c7-1-2(8)3(9)4(10)5(11)6(12)13;;;;;;/h2-5,7-10H,1H2,(H,12,13);;;4*1H2/q-1;+3;+1;;;;/p-3. The van der Waals surface area contributed by atoms with Crippen LogP contribution in [0.4, 0.5) is 0 Å². The molecule has 13 heteroatoms. The van der Waals surface area contributed by atoms with E-state index in [4.69, 9.17) is 20.4 Å². The summed E-state index contributed by atoms with van der Waals surface area (Å²) >= 11 is 0. The minimum Gasteiger partial charge on any atom is -0.870 e. The molecule has 0 aliphatic rings. The number of rotatable bonds is 5. The van der Waals surface area contributed by atoms with Crippen LogP contribution in [0.5, 0.6) is 0 Å². The molecule has 0 amide bonds. The van der Waals surface area contributed by atoms with E-state index in [0.717, 1.165) is 0 Å². The number of carboxylic acid groups (broad SMARTS) is 1. The molecule has 0 spiro atoms. The van der Waals surface area contributed by atoms with Crippen molar-refractivity contribution >= 4 is 23.3 Å². The number of aliphatic hydroxyl groups excluding tert-OH is 4. The molecular weight excluding hydrogens is 314 g/mol. The van der Waals surface area contributed by atoms with Gasteiger partial charge >= 0.3 is 68.7 Å². The maximum absolute atomic E-state index is 10.5. The van der Waals surface area contributed by atoms with Crippen LogP contribution in [0.1, 0.15) is 0 Å². The van der Waals surface area contributed by atoms with Crippen molar-refractivity contribution in [2.24, 2.45) is 0 Å². The molecule has 0 rings (SSSR count). The summed E-state index contributed by atoms with van der Waals surface area (Å²) < 4.78 is 0. The summed E-state index contributed by atoms with van der Waals surface area (Å²) in [6, 6.07) is 0. The fraction of sp³-hybridized carbons (Fsp3) is 0.833. The van der Waals surface area contributed by atoms with E-state index in [1.807, 2.05) is 0 Å². The van der Waals surface area contributed by atoms with E-state index in [1.54, 1.807) is 0 Å². The first kappa shape index (κ1) is 42.7. The molecule has 0 aromatic heterocycles. The smallest absolute Gasteiger partial charge is 0.870 e. The van der Waals surface area contributed by atoms with Gasteiger partial charge in [0.15, 0.2) is 0 Å². The predicted octanol–water partition coefficient (Wildman–Crippen LogP) is -10.8. The van der Waals surface area contributed by atoms with E-state index in [0.29, 0.717) is 0 Å². The van der Waals surface area contributed by atoms with Crippen molar-refractivity contribution in [2.45, 2.75) is 24.4 Å². The molecule has 0 aliphatic carbocycles. The van der Waals surface area contributed by atoms with Crippen molar-refractivity contribution in [2.75, 3.05) is 6.61 Å². The van der Waals surface area contributed by atoms with Gasteiger partial charge in [-0.1, -0.05) is 6.10 Å². The molecule has 0 aromatic carbocycles. The number of carbonyl (C=O) groups excluding carboxylic acids is 1. The SMILES string of the molecule is O.O.O=C([O-])C([O-])C(O)C(O)C(O)CO.[Al+3].[K+].[OH-].[OH-]. The first-order valence-electron chi connectivity index (χ1n) is 3.43. The van der Waals surface area contributed by atoms with Gasteiger partial charge in [-0.3, -0.25) is 0 Å². The van der Waals surface area contributed by atoms with E-state index in [9.17, 15) is 15.0 Å². The van der Waals surface area contributed by atoms with Crippen molar-refractivity contribution < 1.29 is 109 Å². The van der Waals surface area contributed by atoms with Gasteiger partial charge in [-0.25, -0.2) is 0 Å². The Bertz CT molecular complexity index is 185. The minimum absolute atomic E-state index is 0. The van der Waals surface area contributed by atoms with Gasteiger partial charge in [-0.2, -0.15) is 0 Å². The van der Waals surface area contributed by atoms with Gasteiger partial charge in [0.1, 0.15) is 12.2 Å². The average molecular weight is 330 g/mol. The van der Waals surface area contributed by atoms with Crippen LogP contribution in [0.2, 0.25) is 0 Å². The first-order chi connectivity index (χ1) is 5.91. The van der Waals surface area contributed by atoms with Crippen LogP contribution in [0, 0.1) is 0 Å². The second kappa shape index (κ2) is 21.6. The zero-order valence-electron chi connectivity index (χ0n) is 10.0. The van der Waals surface area contributed by atoms with E-state index >= 15 is 0 Å². The summed E-state index contributed by atoms with van der Waals surface area (Å²) in [5.74, 6) is -2.09. The second-order valence-corrected chi connectivity index (χ2v) is 2.47. The maximum atomic E-state index is 10.5. The third kappa shape index (κ3) is 15.5. The Morgan fingerprint density at radius 1 is 1.05 bits per heavy atom. The molecular formula is C6H16AlKO11. The first-order valence-corrected chi connectivity index (χ1v) is 3.43. The Hall–Kier alpha value is 1.28. The summed E-state index contributed by atoms with van der Waals surface area (Å²) in [5, 5.41) is 55.1. The van der Waals surface area contributed by atoms with Gasteiger partial charge in [0.25, 0.3) is 0 Å². The molecule has 0 aromatic rings. The fourth-order valence-electron chi connectivity index (χ4n) is 0.654. The van der Waals surface area contributed by atoms with Crippen molar-refractivity contribution in [3.8, 4) is 0 Å². The van der Waals surface area contributed by atoms with Crippen LogP contribution in [0.15, 0.2) is 0 Å². The molecule has 0 bridgehead atoms. The minimum atomic E-state index is -2.56.